The number of aliphatic carboxylic acids is 1. The maximum Gasteiger partial charge on any atom is 0.328 e. The van der Waals surface area contributed by atoms with E-state index in [4.69, 9.17) is 10.5 Å². The van der Waals surface area contributed by atoms with E-state index in [1.54, 1.807) is 12.1 Å². The van der Waals surface area contributed by atoms with E-state index >= 15 is 0 Å². The molecule has 17 heavy (non-hydrogen) atoms. The molecule has 1 aliphatic rings. The van der Waals surface area contributed by atoms with Crippen LogP contribution in [0.25, 0.3) is 0 Å². The normalized spacial score (nSPS) is 25.9. The Hall–Kier alpha value is -1.55. The van der Waals surface area contributed by atoms with Crippen LogP contribution in [-0.2, 0) is 10.3 Å². The summed E-state index contributed by atoms with van der Waals surface area (Å²) in [5.74, 6) is -0.447. The Balaban J connectivity index is 2.64. The van der Waals surface area contributed by atoms with Crippen molar-refractivity contribution in [2.24, 2.45) is 5.73 Å². The summed E-state index contributed by atoms with van der Waals surface area (Å²) in [5, 5.41) is 9.39. The highest BCUT2D eigenvalue weighted by Gasteiger charge is 2.48. The van der Waals surface area contributed by atoms with Gasteiger partial charge in [0.1, 0.15) is 16.9 Å². The van der Waals surface area contributed by atoms with Gasteiger partial charge in [-0.3, -0.25) is 0 Å². The average molecular weight is 235 g/mol. The minimum Gasteiger partial charge on any atom is -0.487 e. The summed E-state index contributed by atoms with van der Waals surface area (Å²) < 4.78 is 5.78. The topological polar surface area (TPSA) is 72.6 Å². The molecule has 1 aromatic carbocycles. The van der Waals surface area contributed by atoms with Crippen LogP contribution < -0.4 is 10.5 Å². The van der Waals surface area contributed by atoms with Crippen LogP contribution in [-0.4, -0.2) is 16.7 Å². The van der Waals surface area contributed by atoms with E-state index in [-0.39, 0.29) is 6.42 Å². The van der Waals surface area contributed by atoms with Gasteiger partial charge in [0.25, 0.3) is 0 Å². The maximum absolute atomic E-state index is 11.5. The lowest BCUT2D eigenvalue weighted by Gasteiger charge is -2.41. The van der Waals surface area contributed by atoms with Crippen molar-refractivity contribution in [1.82, 2.24) is 0 Å². The number of nitrogens with two attached hydrogens (primary N) is 1. The fourth-order valence-corrected chi connectivity index (χ4v) is 2.37. The molecular formula is C13H17NO3. The third-order valence-electron chi connectivity index (χ3n) is 3.09. The van der Waals surface area contributed by atoms with Crippen molar-refractivity contribution >= 4 is 5.97 Å². The monoisotopic (exact) mass is 235 g/mol. The van der Waals surface area contributed by atoms with E-state index in [0.29, 0.717) is 11.3 Å². The van der Waals surface area contributed by atoms with Gasteiger partial charge in [-0.2, -0.15) is 0 Å². The van der Waals surface area contributed by atoms with Gasteiger partial charge >= 0.3 is 5.97 Å². The fraction of sp³-hybridized carbons (Fsp3) is 0.462. The number of benzene rings is 1. The van der Waals surface area contributed by atoms with Crippen LogP contribution in [0.3, 0.4) is 0 Å². The zero-order valence-corrected chi connectivity index (χ0v) is 10.3. The molecule has 4 heteroatoms. The first-order valence-electron chi connectivity index (χ1n) is 5.57. The molecule has 0 spiro atoms. The summed E-state index contributed by atoms with van der Waals surface area (Å²) in [6, 6.07) is 5.47. The average Bonchev–Trinajstić information content (AvgIpc) is 2.18. The number of ether oxygens (including phenoxy) is 1. The van der Waals surface area contributed by atoms with Gasteiger partial charge in [-0.1, -0.05) is 11.6 Å². The molecule has 0 amide bonds. The fourth-order valence-electron chi connectivity index (χ4n) is 2.37. The second-order valence-electron chi connectivity index (χ2n) is 5.31. The second-order valence-corrected chi connectivity index (χ2v) is 5.31. The van der Waals surface area contributed by atoms with Crippen molar-refractivity contribution in [2.75, 3.05) is 0 Å². The van der Waals surface area contributed by atoms with Gasteiger partial charge in [-0.05, 0) is 32.9 Å². The number of carbonyl (C=O) groups is 1. The molecule has 3 N–H and O–H groups in total. The third kappa shape index (κ3) is 1.89. The van der Waals surface area contributed by atoms with Crippen LogP contribution >= 0.6 is 0 Å². The first-order valence-corrected chi connectivity index (χ1v) is 5.57. The van der Waals surface area contributed by atoms with Gasteiger partial charge in [0, 0.05) is 12.0 Å². The van der Waals surface area contributed by atoms with Crippen LogP contribution in [0, 0.1) is 6.92 Å². The van der Waals surface area contributed by atoms with E-state index in [1.165, 1.54) is 0 Å². The molecular weight excluding hydrogens is 218 g/mol. The highest BCUT2D eigenvalue weighted by molar-refractivity contribution is 5.82. The number of carboxylic acid groups (broad SMARTS) is 1. The SMILES string of the molecule is Cc1ccc2c(c1)C(N)(C(=O)O)CC(C)(C)O2. The molecule has 0 saturated carbocycles. The lowest BCUT2D eigenvalue weighted by molar-refractivity contribution is -0.147. The Morgan fingerprint density at radius 2 is 2.12 bits per heavy atom. The highest BCUT2D eigenvalue weighted by atomic mass is 16.5. The zero-order chi connectivity index (χ0) is 12.8. The summed E-state index contributed by atoms with van der Waals surface area (Å²) in [6.45, 7) is 5.60. The number of rotatable bonds is 1. The molecule has 1 heterocycles. The highest BCUT2D eigenvalue weighted by Crippen LogP contribution is 2.42. The van der Waals surface area contributed by atoms with Gasteiger partial charge in [0.05, 0.1) is 0 Å². The molecule has 0 bridgehead atoms. The van der Waals surface area contributed by atoms with E-state index in [0.717, 1.165) is 5.56 Å². The molecule has 0 saturated heterocycles. The van der Waals surface area contributed by atoms with E-state index in [9.17, 15) is 9.90 Å². The zero-order valence-electron chi connectivity index (χ0n) is 10.3. The first-order chi connectivity index (χ1) is 7.74. The Labute approximate surface area is 100 Å². The number of hydrogen-bond acceptors (Lipinski definition) is 3. The molecule has 1 atom stereocenters. The Bertz CT molecular complexity index is 482. The minimum atomic E-state index is -1.37. The van der Waals surface area contributed by atoms with Crippen LogP contribution in [0.5, 0.6) is 5.75 Å². The summed E-state index contributed by atoms with van der Waals surface area (Å²) in [4.78, 5) is 11.5. The quantitative estimate of drug-likeness (QED) is 0.778. The van der Waals surface area contributed by atoms with Gasteiger partial charge in [-0.25, -0.2) is 4.79 Å². The van der Waals surface area contributed by atoms with Crippen LogP contribution in [0.2, 0.25) is 0 Å². The predicted molar refractivity (Wildman–Crippen MR) is 64.0 cm³/mol. The minimum absolute atomic E-state index is 0.256. The van der Waals surface area contributed by atoms with Gasteiger partial charge in [0.2, 0.25) is 0 Å². The van der Waals surface area contributed by atoms with E-state index in [1.807, 2.05) is 26.8 Å². The lowest BCUT2D eigenvalue weighted by atomic mass is 9.78. The van der Waals surface area contributed by atoms with E-state index in [2.05, 4.69) is 0 Å². The molecule has 0 aliphatic carbocycles. The van der Waals surface area contributed by atoms with Crippen molar-refractivity contribution < 1.29 is 14.6 Å². The molecule has 0 fully saturated rings. The first kappa shape index (κ1) is 11.9. The Morgan fingerprint density at radius 1 is 1.47 bits per heavy atom. The summed E-state index contributed by atoms with van der Waals surface area (Å²) >= 11 is 0. The standard InChI is InChI=1S/C13H17NO3/c1-8-4-5-10-9(6-8)13(14,11(15)16)7-12(2,3)17-10/h4-6H,7,14H2,1-3H3,(H,15,16). The summed E-state index contributed by atoms with van der Waals surface area (Å²) in [5.41, 5.74) is 5.67. The van der Waals surface area contributed by atoms with E-state index < -0.39 is 17.1 Å². The number of hydrogen-bond donors (Lipinski definition) is 2. The number of aryl methyl sites for hydroxylation is 1. The Kier molecular flexibility index (Phi) is 2.43. The second kappa shape index (κ2) is 3.47. The Morgan fingerprint density at radius 3 is 2.71 bits per heavy atom. The van der Waals surface area contributed by atoms with Crippen LogP contribution in [0.15, 0.2) is 18.2 Å². The number of fused-ring (bicyclic) bond motifs is 1. The van der Waals surface area contributed by atoms with Gasteiger partial charge < -0.3 is 15.6 Å². The molecule has 2 rings (SSSR count). The smallest absolute Gasteiger partial charge is 0.328 e. The molecule has 0 radical (unpaired) electrons. The largest absolute Gasteiger partial charge is 0.487 e. The summed E-state index contributed by atoms with van der Waals surface area (Å²) in [6.07, 6.45) is 0.256. The van der Waals surface area contributed by atoms with Crippen molar-refractivity contribution in [3.8, 4) is 5.75 Å². The molecule has 1 aromatic rings. The molecule has 1 aliphatic heterocycles. The molecule has 4 nitrogen and oxygen atoms in total. The van der Waals surface area contributed by atoms with Crippen molar-refractivity contribution in [3.05, 3.63) is 29.3 Å². The van der Waals surface area contributed by atoms with Crippen LogP contribution in [0.1, 0.15) is 31.4 Å². The van der Waals surface area contributed by atoms with Gasteiger partial charge in [-0.15, -0.1) is 0 Å². The predicted octanol–water partition coefficient (Wildman–Crippen LogP) is 1.79. The molecule has 1 unspecified atom stereocenters. The maximum atomic E-state index is 11.5. The van der Waals surface area contributed by atoms with Crippen molar-refractivity contribution in [1.29, 1.82) is 0 Å². The molecule has 92 valence electrons. The number of carboxylic acids is 1. The van der Waals surface area contributed by atoms with Crippen molar-refractivity contribution in [2.45, 2.75) is 38.3 Å². The molecule has 0 aromatic heterocycles. The van der Waals surface area contributed by atoms with Gasteiger partial charge in [0.15, 0.2) is 0 Å². The lowest BCUT2D eigenvalue weighted by Crippen LogP contribution is -2.54. The van der Waals surface area contributed by atoms with Crippen LogP contribution in [0.4, 0.5) is 0 Å². The summed E-state index contributed by atoms with van der Waals surface area (Å²) in [7, 11) is 0. The van der Waals surface area contributed by atoms with Crippen molar-refractivity contribution in [3.63, 3.8) is 0 Å². The third-order valence-corrected chi connectivity index (χ3v) is 3.09.